The Labute approximate surface area is 172 Å². The number of amides is 1. The van der Waals surface area contributed by atoms with Gasteiger partial charge in [0.2, 0.25) is 0 Å². The molecule has 0 unspecified atom stereocenters. The minimum atomic E-state index is -2.94. The highest BCUT2D eigenvalue weighted by molar-refractivity contribution is 8.15. The van der Waals surface area contributed by atoms with Gasteiger partial charge in [-0.05, 0) is 54.6 Å². The van der Waals surface area contributed by atoms with Crippen LogP contribution in [0.25, 0.3) is 0 Å². The van der Waals surface area contributed by atoms with E-state index < -0.39 is 9.84 Å². The molecule has 2 N–H and O–H groups in total. The molecule has 9 heteroatoms. The van der Waals surface area contributed by atoms with Crippen molar-refractivity contribution in [1.82, 2.24) is 5.32 Å². The molecule has 1 fully saturated rings. The number of carbonyl (C=O) groups excluding carboxylic acids is 1. The van der Waals surface area contributed by atoms with Gasteiger partial charge in [-0.25, -0.2) is 8.42 Å². The molecule has 0 radical (unpaired) electrons. The smallest absolute Gasteiger partial charge is 0.251 e. The van der Waals surface area contributed by atoms with Crippen LogP contribution >= 0.6 is 23.1 Å². The maximum Gasteiger partial charge on any atom is 0.251 e. The van der Waals surface area contributed by atoms with E-state index in [0.29, 0.717) is 12.1 Å². The standard InChI is InChI=1S/C19H21N3O3S3/c1-12-7-9-26-16(12)6-8-20-18(23)13-2-4-14(5-3-13)21-19-22-15-10-28(24,25)11-17(15)27-19/h2-5,7,9,15,17H,6,8,10-11H2,1H3,(H,20,23)(H,21,22)/t15-,17+/m1/s1. The van der Waals surface area contributed by atoms with E-state index in [1.54, 1.807) is 23.5 Å². The monoisotopic (exact) mass is 435 g/mol. The Hall–Kier alpha value is -1.84. The minimum Gasteiger partial charge on any atom is -0.352 e. The molecule has 148 valence electrons. The molecular weight excluding hydrogens is 414 g/mol. The van der Waals surface area contributed by atoms with Gasteiger partial charge in [0.1, 0.15) is 0 Å². The van der Waals surface area contributed by atoms with Gasteiger partial charge in [-0.1, -0.05) is 11.8 Å². The number of anilines is 1. The number of rotatable bonds is 5. The van der Waals surface area contributed by atoms with Crippen molar-refractivity contribution in [2.75, 3.05) is 23.4 Å². The number of hydrogen-bond donors (Lipinski definition) is 2. The summed E-state index contributed by atoms with van der Waals surface area (Å²) in [5.74, 6) is 0.245. The van der Waals surface area contributed by atoms with E-state index in [4.69, 9.17) is 0 Å². The molecule has 1 saturated heterocycles. The summed E-state index contributed by atoms with van der Waals surface area (Å²) in [6, 6.07) is 9.18. The Balaban J connectivity index is 1.29. The van der Waals surface area contributed by atoms with Crippen LogP contribution in [0.2, 0.25) is 0 Å². The fourth-order valence-electron chi connectivity index (χ4n) is 3.30. The number of hydrogen-bond acceptors (Lipinski definition) is 7. The van der Waals surface area contributed by atoms with Crippen molar-refractivity contribution in [2.45, 2.75) is 24.6 Å². The number of nitrogens with one attached hydrogen (secondary N) is 2. The van der Waals surface area contributed by atoms with Crippen LogP contribution in [0.1, 0.15) is 20.8 Å². The van der Waals surface area contributed by atoms with E-state index in [-0.39, 0.29) is 28.7 Å². The average Bonchev–Trinajstić information content (AvgIpc) is 3.28. The molecule has 0 spiro atoms. The Morgan fingerprint density at radius 2 is 2.00 bits per heavy atom. The number of benzene rings is 1. The molecule has 2 aliphatic heterocycles. The van der Waals surface area contributed by atoms with Gasteiger partial charge in [-0.3, -0.25) is 9.79 Å². The summed E-state index contributed by atoms with van der Waals surface area (Å²) < 4.78 is 23.3. The van der Waals surface area contributed by atoms with Crippen molar-refractivity contribution >= 4 is 49.7 Å². The second kappa shape index (κ2) is 7.88. The van der Waals surface area contributed by atoms with Gasteiger partial charge in [-0.2, -0.15) is 0 Å². The van der Waals surface area contributed by atoms with E-state index in [9.17, 15) is 13.2 Å². The van der Waals surface area contributed by atoms with Crippen molar-refractivity contribution in [2.24, 2.45) is 4.99 Å². The first-order valence-corrected chi connectivity index (χ1v) is 12.6. The first-order chi connectivity index (χ1) is 13.4. The number of aliphatic imine (C=N–C) groups is 1. The van der Waals surface area contributed by atoms with Crippen LogP contribution in [0.3, 0.4) is 0 Å². The first-order valence-electron chi connectivity index (χ1n) is 9.03. The minimum absolute atomic E-state index is 0.0181. The number of carbonyl (C=O) groups is 1. The van der Waals surface area contributed by atoms with Crippen molar-refractivity contribution in [3.05, 3.63) is 51.7 Å². The summed E-state index contributed by atoms with van der Waals surface area (Å²) in [5.41, 5.74) is 2.71. The van der Waals surface area contributed by atoms with Crippen LogP contribution in [0.4, 0.5) is 5.69 Å². The van der Waals surface area contributed by atoms with Crippen molar-refractivity contribution in [3.8, 4) is 0 Å². The summed E-state index contributed by atoms with van der Waals surface area (Å²) in [6.07, 6.45) is 0.837. The lowest BCUT2D eigenvalue weighted by Gasteiger charge is -2.08. The normalized spacial score (nSPS) is 22.5. The lowest BCUT2D eigenvalue weighted by Crippen LogP contribution is -2.25. The fourth-order valence-corrected chi connectivity index (χ4v) is 7.88. The summed E-state index contributed by atoms with van der Waals surface area (Å²) in [7, 11) is -2.94. The second-order valence-electron chi connectivity index (χ2n) is 6.97. The zero-order chi connectivity index (χ0) is 19.7. The third-order valence-electron chi connectivity index (χ3n) is 4.82. The predicted molar refractivity (Wildman–Crippen MR) is 116 cm³/mol. The maximum atomic E-state index is 12.3. The molecule has 0 saturated carbocycles. The van der Waals surface area contributed by atoms with Crippen molar-refractivity contribution < 1.29 is 13.2 Å². The van der Waals surface area contributed by atoms with E-state index in [1.807, 2.05) is 12.1 Å². The van der Waals surface area contributed by atoms with Crippen LogP contribution in [-0.4, -0.2) is 48.8 Å². The molecule has 0 aliphatic carbocycles. The molecule has 3 heterocycles. The fraction of sp³-hybridized carbons (Fsp3) is 0.368. The highest BCUT2D eigenvalue weighted by atomic mass is 32.2. The van der Waals surface area contributed by atoms with Gasteiger partial charge in [0.25, 0.3) is 5.91 Å². The molecule has 2 aliphatic rings. The topological polar surface area (TPSA) is 87.6 Å². The number of sulfone groups is 1. The average molecular weight is 436 g/mol. The molecule has 6 nitrogen and oxygen atoms in total. The third-order valence-corrected chi connectivity index (χ3v) is 9.05. The second-order valence-corrected chi connectivity index (χ2v) is 11.4. The molecule has 4 rings (SSSR count). The Morgan fingerprint density at radius 3 is 2.68 bits per heavy atom. The van der Waals surface area contributed by atoms with Crippen LogP contribution in [-0.2, 0) is 16.3 Å². The van der Waals surface area contributed by atoms with Crippen LogP contribution in [0.15, 0.2) is 40.7 Å². The van der Waals surface area contributed by atoms with Gasteiger partial charge in [-0.15, -0.1) is 11.3 Å². The summed E-state index contributed by atoms with van der Waals surface area (Å²) >= 11 is 3.19. The van der Waals surface area contributed by atoms with Crippen LogP contribution in [0.5, 0.6) is 0 Å². The highest BCUT2D eigenvalue weighted by Gasteiger charge is 2.42. The summed E-state index contributed by atoms with van der Waals surface area (Å²) in [4.78, 5) is 18.1. The van der Waals surface area contributed by atoms with Gasteiger partial charge >= 0.3 is 0 Å². The third kappa shape index (κ3) is 4.42. The predicted octanol–water partition coefficient (Wildman–Crippen LogP) is 2.71. The molecular formula is C19H21N3O3S3. The largest absolute Gasteiger partial charge is 0.352 e. The van der Waals surface area contributed by atoms with Gasteiger partial charge < -0.3 is 10.6 Å². The number of aryl methyl sites for hydroxylation is 1. The molecule has 28 heavy (non-hydrogen) atoms. The molecule has 2 aromatic rings. The van der Waals surface area contributed by atoms with Crippen LogP contribution in [0, 0.1) is 6.92 Å². The number of fused-ring (bicyclic) bond motifs is 1. The number of amidine groups is 1. The highest BCUT2D eigenvalue weighted by Crippen LogP contribution is 2.34. The van der Waals surface area contributed by atoms with E-state index in [0.717, 1.165) is 17.3 Å². The van der Waals surface area contributed by atoms with Crippen molar-refractivity contribution in [3.63, 3.8) is 0 Å². The lowest BCUT2D eigenvalue weighted by atomic mass is 10.2. The van der Waals surface area contributed by atoms with E-state index in [1.165, 1.54) is 22.2 Å². The molecule has 1 amide bonds. The Morgan fingerprint density at radius 1 is 1.21 bits per heavy atom. The number of nitrogens with zero attached hydrogens (tertiary/aromatic N) is 1. The first kappa shape index (κ1) is 19.5. The quantitative estimate of drug-likeness (QED) is 0.754. The van der Waals surface area contributed by atoms with Gasteiger partial charge in [0, 0.05) is 27.9 Å². The number of thioether (sulfide) groups is 1. The summed E-state index contributed by atoms with van der Waals surface area (Å²) in [6.45, 7) is 2.69. The van der Waals surface area contributed by atoms with E-state index >= 15 is 0 Å². The Bertz CT molecular complexity index is 1010. The molecule has 1 aromatic heterocycles. The van der Waals surface area contributed by atoms with Gasteiger partial charge in [0.05, 0.1) is 17.5 Å². The molecule has 0 bridgehead atoms. The lowest BCUT2D eigenvalue weighted by molar-refractivity contribution is 0.0954. The van der Waals surface area contributed by atoms with Crippen molar-refractivity contribution in [1.29, 1.82) is 0 Å². The number of thiophene rings is 1. The van der Waals surface area contributed by atoms with E-state index in [2.05, 4.69) is 34.0 Å². The van der Waals surface area contributed by atoms with Gasteiger partial charge in [0.15, 0.2) is 15.0 Å². The zero-order valence-corrected chi connectivity index (χ0v) is 17.8. The molecule has 1 aromatic carbocycles. The Kier molecular flexibility index (Phi) is 5.48. The molecule has 2 atom stereocenters. The SMILES string of the molecule is Cc1ccsc1CCNC(=O)c1ccc(NC2=N[C@@H]3CS(=O)(=O)C[C@@H]3S2)cc1. The maximum absolute atomic E-state index is 12.3. The summed E-state index contributed by atoms with van der Waals surface area (Å²) in [5, 5.41) is 9.00. The zero-order valence-electron chi connectivity index (χ0n) is 15.3. The van der Waals surface area contributed by atoms with Crippen LogP contribution < -0.4 is 10.6 Å².